The number of amides is 1. The molecule has 1 aromatic rings. The van der Waals surface area contributed by atoms with Gasteiger partial charge in [-0.1, -0.05) is 12.1 Å². The minimum atomic E-state index is -0.296. The molecule has 0 fully saturated rings. The number of hydrogen-bond acceptors (Lipinski definition) is 4. The van der Waals surface area contributed by atoms with Crippen LogP contribution < -0.4 is 14.8 Å². The zero-order valence-electron chi connectivity index (χ0n) is 9.18. The summed E-state index contributed by atoms with van der Waals surface area (Å²) in [5.74, 6) is 1.10. The van der Waals surface area contributed by atoms with Crippen molar-refractivity contribution in [3.05, 3.63) is 24.3 Å². The average molecular weight is 232 g/mol. The number of ether oxygens (including phenoxy) is 2. The largest absolute Gasteiger partial charge is 0.486 e. The molecule has 0 aliphatic carbocycles. The molecule has 1 heterocycles. The average Bonchev–Trinajstić information content (AvgIpc) is 2.36. The maximum atomic E-state index is 11.1. The van der Waals surface area contributed by atoms with Crippen molar-refractivity contribution < 1.29 is 14.3 Å². The van der Waals surface area contributed by atoms with E-state index < -0.39 is 0 Å². The second-order valence-corrected chi connectivity index (χ2v) is 3.64. The Labute approximate surface area is 98.9 Å². The Kier molecular flexibility index (Phi) is 3.46. The van der Waals surface area contributed by atoms with E-state index in [1.165, 1.54) is 0 Å². The van der Waals surface area contributed by atoms with Gasteiger partial charge in [-0.2, -0.15) is 5.26 Å². The van der Waals surface area contributed by atoms with E-state index in [-0.39, 0.29) is 18.4 Å². The number of nitrogens with zero attached hydrogens (tertiary/aromatic N) is 1. The Bertz CT molecular complexity index is 453. The van der Waals surface area contributed by atoms with Crippen LogP contribution in [0.1, 0.15) is 6.42 Å². The minimum Gasteiger partial charge on any atom is -0.486 e. The minimum absolute atomic E-state index is 0.135. The smallest absolute Gasteiger partial charge is 0.234 e. The molecule has 0 unspecified atom stereocenters. The van der Waals surface area contributed by atoms with Gasteiger partial charge in [0.25, 0.3) is 0 Å². The van der Waals surface area contributed by atoms with Gasteiger partial charge >= 0.3 is 0 Å². The third kappa shape index (κ3) is 2.88. The number of fused-ring (bicyclic) bond motifs is 1. The first-order valence-corrected chi connectivity index (χ1v) is 5.31. The molecule has 88 valence electrons. The molecule has 5 heteroatoms. The number of rotatable bonds is 3. The fourth-order valence-corrected chi connectivity index (χ4v) is 1.53. The quantitative estimate of drug-likeness (QED) is 0.838. The fraction of sp³-hybridized carbons (Fsp3) is 0.333. The second-order valence-electron chi connectivity index (χ2n) is 3.64. The van der Waals surface area contributed by atoms with Crippen LogP contribution in [0.4, 0.5) is 0 Å². The number of carbonyl (C=O) groups is 1. The summed E-state index contributed by atoms with van der Waals surface area (Å²) in [7, 11) is 0. The van der Waals surface area contributed by atoms with Crippen molar-refractivity contribution in [2.24, 2.45) is 0 Å². The molecule has 0 bridgehead atoms. The summed E-state index contributed by atoms with van der Waals surface area (Å²) in [4.78, 5) is 11.1. The molecular formula is C12H12N2O3. The number of hydrogen-bond donors (Lipinski definition) is 1. The van der Waals surface area contributed by atoms with Crippen LogP contribution in [0.2, 0.25) is 0 Å². The lowest BCUT2D eigenvalue weighted by atomic mass is 10.2. The van der Waals surface area contributed by atoms with Crippen LogP contribution in [0.3, 0.4) is 0 Å². The number of nitriles is 1. The normalized spacial score (nSPS) is 17.0. The highest BCUT2D eigenvalue weighted by molar-refractivity contribution is 5.77. The highest BCUT2D eigenvalue weighted by atomic mass is 16.6. The SMILES string of the molecule is N#CCC(=O)NC[C@H]1COc2ccccc2O1. The van der Waals surface area contributed by atoms with Crippen LogP contribution in [0, 0.1) is 11.3 Å². The van der Waals surface area contributed by atoms with Crippen LogP contribution >= 0.6 is 0 Å². The fourth-order valence-electron chi connectivity index (χ4n) is 1.53. The second kappa shape index (κ2) is 5.21. The molecular weight excluding hydrogens is 220 g/mol. The number of para-hydroxylation sites is 2. The van der Waals surface area contributed by atoms with Crippen molar-refractivity contribution in [3.63, 3.8) is 0 Å². The van der Waals surface area contributed by atoms with Crippen molar-refractivity contribution in [2.45, 2.75) is 12.5 Å². The van der Waals surface area contributed by atoms with E-state index in [0.717, 1.165) is 0 Å². The summed E-state index contributed by atoms with van der Waals surface area (Å²) >= 11 is 0. The molecule has 0 saturated heterocycles. The number of carbonyl (C=O) groups excluding carboxylic acids is 1. The van der Waals surface area contributed by atoms with Gasteiger partial charge < -0.3 is 14.8 Å². The highest BCUT2D eigenvalue weighted by Crippen LogP contribution is 2.30. The first-order chi connectivity index (χ1) is 8.29. The van der Waals surface area contributed by atoms with Crippen molar-refractivity contribution in [2.75, 3.05) is 13.2 Å². The molecule has 0 saturated carbocycles. The van der Waals surface area contributed by atoms with E-state index in [1.54, 1.807) is 6.07 Å². The molecule has 17 heavy (non-hydrogen) atoms. The molecule has 1 atom stereocenters. The Morgan fingerprint density at radius 3 is 3.00 bits per heavy atom. The molecule has 1 N–H and O–H groups in total. The van der Waals surface area contributed by atoms with Crippen molar-refractivity contribution in [1.82, 2.24) is 5.32 Å². The van der Waals surface area contributed by atoms with Gasteiger partial charge in [0.1, 0.15) is 19.1 Å². The van der Waals surface area contributed by atoms with E-state index in [4.69, 9.17) is 14.7 Å². The van der Waals surface area contributed by atoms with Gasteiger partial charge in [-0.15, -0.1) is 0 Å². The monoisotopic (exact) mass is 232 g/mol. The predicted molar refractivity (Wildman–Crippen MR) is 59.6 cm³/mol. The molecule has 0 spiro atoms. The van der Waals surface area contributed by atoms with Crippen molar-refractivity contribution in [3.8, 4) is 17.6 Å². The van der Waals surface area contributed by atoms with E-state index in [0.29, 0.717) is 24.7 Å². The topological polar surface area (TPSA) is 71.4 Å². The molecule has 0 aromatic heterocycles. The Morgan fingerprint density at radius 2 is 2.24 bits per heavy atom. The van der Waals surface area contributed by atoms with Gasteiger partial charge in [0.15, 0.2) is 11.5 Å². The molecule has 1 amide bonds. The zero-order valence-corrected chi connectivity index (χ0v) is 9.18. The summed E-state index contributed by atoms with van der Waals surface area (Å²) < 4.78 is 11.1. The van der Waals surface area contributed by atoms with Gasteiger partial charge in [0, 0.05) is 0 Å². The summed E-state index contributed by atoms with van der Waals surface area (Å²) in [5, 5.41) is 11.0. The van der Waals surface area contributed by atoms with Crippen LogP contribution in [0.25, 0.3) is 0 Å². The first-order valence-electron chi connectivity index (χ1n) is 5.31. The number of nitrogens with one attached hydrogen (secondary N) is 1. The third-order valence-electron chi connectivity index (χ3n) is 2.33. The summed E-state index contributed by atoms with van der Waals surface area (Å²) in [5.41, 5.74) is 0. The molecule has 0 radical (unpaired) electrons. The maximum Gasteiger partial charge on any atom is 0.234 e. The van der Waals surface area contributed by atoms with Gasteiger partial charge in [-0.05, 0) is 12.1 Å². The highest BCUT2D eigenvalue weighted by Gasteiger charge is 2.20. The Balaban J connectivity index is 1.86. The lowest BCUT2D eigenvalue weighted by molar-refractivity contribution is -0.120. The van der Waals surface area contributed by atoms with E-state index in [1.807, 2.05) is 24.3 Å². The van der Waals surface area contributed by atoms with Gasteiger partial charge in [-0.3, -0.25) is 4.79 Å². The van der Waals surface area contributed by atoms with Crippen LogP contribution in [-0.2, 0) is 4.79 Å². The Morgan fingerprint density at radius 1 is 1.47 bits per heavy atom. The lowest BCUT2D eigenvalue weighted by Crippen LogP contribution is -2.40. The van der Waals surface area contributed by atoms with Crippen molar-refractivity contribution >= 4 is 5.91 Å². The van der Waals surface area contributed by atoms with E-state index in [2.05, 4.69) is 5.32 Å². The van der Waals surface area contributed by atoms with Gasteiger partial charge in [0.2, 0.25) is 5.91 Å². The molecule has 1 aliphatic rings. The van der Waals surface area contributed by atoms with Crippen molar-refractivity contribution in [1.29, 1.82) is 5.26 Å². The zero-order chi connectivity index (χ0) is 12.1. The third-order valence-corrected chi connectivity index (χ3v) is 2.33. The molecule has 5 nitrogen and oxygen atoms in total. The Hall–Kier alpha value is -2.22. The standard InChI is InChI=1S/C12H12N2O3/c13-6-5-12(15)14-7-9-8-16-10-3-1-2-4-11(10)17-9/h1-4,9H,5,7-8H2,(H,14,15)/t9-/m0/s1. The van der Waals surface area contributed by atoms with Crippen LogP contribution in [0.5, 0.6) is 11.5 Å². The maximum absolute atomic E-state index is 11.1. The van der Waals surface area contributed by atoms with E-state index in [9.17, 15) is 4.79 Å². The molecule has 1 aliphatic heterocycles. The van der Waals surface area contributed by atoms with Gasteiger partial charge in [0.05, 0.1) is 12.6 Å². The summed E-state index contributed by atoms with van der Waals surface area (Å²) in [6.45, 7) is 0.735. The summed E-state index contributed by atoms with van der Waals surface area (Å²) in [6.07, 6.45) is -0.350. The predicted octanol–water partition coefficient (Wildman–Crippen LogP) is 0.856. The lowest BCUT2D eigenvalue weighted by Gasteiger charge is -2.26. The summed E-state index contributed by atoms with van der Waals surface area (Å²) in [6, 6.07) is 9.17. The first kappa shape index (κ1) is 11.3. The van der Waals surface area contributed by atoms with Gasteiger partial charge in [-0.25, -0.2) is 0 Å². The van der Waals surface area contributed by atoms with Crippen LogP contribution in [0.15, 0.2) is 24.3 Å². The number of benzene rings is 1. The van der Waals surface area contributed by atoms with E-state index >= 15 is 0 Å². The molecule has 1 aromatic carbocycles. The molecule has 2 rings (SSSR count). The van der Waals surface area contributed by atoms with Crippen LogP contribution in [-0.4, -0.2) is 25.2 Å².